The molecule has 0 aliphatic rings. The molecule has 0 radical (unpaired) electrons. The Balaban J connectivity index is 2.71. The normalized spacial score (nSPS) is 12.1. The van der Waals surface area contributed by atoms with Gasteiger partial charge in [0.25, 0.3) is 0 Å². The molecule has 84 valence electrons. The van der Waals surface area contributed by atoms with E-state index in [9.17, 15) is 13.2 Å². The molecular weight excluding hydrogens is 262 g/mol. The van der Waals surface area contributed by atoms with Crippen LogP contribution in [-0.4, -0.2) is 4.98 Å². The minimum atomic E-state index is -4.40. The number of hydrogen-bond donors (Lipinski definition) is 0. The molecule has 2 rings (SSSR count). The van der Waals surface area contributed by atoms with Gasteiger partial charge < -0.3 is 0 Å². The molecule has 0 N–H and O–H groups in total. The van der Waals surface area contributed by atoms with Gasteiger partial charge in [-0.15, -0.1) is 0 Å². The number of halogens is 5. The van der Waals surface area contributed by atoms with Gasteiger partial charge in [-0.25, -0.2) is 4.98 Å². The molecular formula is C10H4Cl2F3N. The predicted octanol–water partition coefficient (Wildman–Crippen LogP) is 4.56. The van der Waals surface area contributed by atoms with Gasteiger partial charge in [-0.3, -0.25) is 0 Å². The van der Waals surface area contributed by atoms with E-state index in [1.165, 1.54) is 12.1 Å². The third-order valence-corrected chi connectivity index (χ3v) is 2.56. The van der Waals surface area contributed by atoms with Gasteiger partial charge in [0, 0.05) is 5.39 Å². The summed E-state index contributed by atoms with van der Waals surface area (Å²) in [5, 5.41) is 0.791. The Labute approximate surface area is 98.8 Å². The van der Waals surface area contributed by atoms with Crippen molar-refractivity contribution >= 4 is 34.1 Å². The lowest BCUT2D eigenvalue weighted by molar-refractivity contribution is -0.137. The van der Waals surface area contributed by atoms with E-state index < -0.39 is 11.7 Å². The lowest BCUT2D eigenvalue weighted by Gasteiger charge is -2.08. The van der Waals surface area contributed by atoms with E-state index in [1.807, 2.05) is 0 Å². The third-order valence-electron chi connectivity index (χ3n) is 2.06. The standard InChI is InChI=1S/C10H4Cl2F3N/c11-7-4-9(12)16-8-3-5(10(13,14)15)1-2-6(7)8/h1-4H. The summed E-state index contributed by atoms with van der Waals surface area (Å²) < 4.78 is 37.3. The third kappa shape index (κ3) is 2.08. The molecule has 0 aliphatic heterocycles. The monoisotopic (exact) mass is 265 g/mol. The summed E-state index contributed by atoms with van der Waals surface area (Å²) in [5.74, 6) is 0. The van der Waals surface area contributed by atoms with Crippen molar-refractivity contribution in [3.05, 3.63) is 40.0 Å². The van der Waals surface area contributed by atoms with E-state index in [4.69, 9.17) is 23.2 Å². The van der Waals surface area contributed by atoms with Gasteiger partial charge in [-0.05, 0) is 18.2 Å². The van der Waals surface area contributed by atoms with Crippen LogP contribution < -0.4 is 0 Å². The average molecular weight is 266 g/mol. The van der Waals surface area contributed by atoms with E-state index in [-0.39, 0.29) is 15.7 Å². The smallest absolute Gasteiger partial charge is 0.236 e. The Kier molecular flexibility index (Phi) is 2.72. The summed E-state index contributed by atoms with van der Waals surface area (Å²) in [6.07, 6.45) is -4.40. The first-order valence-electron chi connectivity index (χ1n) is 4.21. The highest BCUT2D eigenvalue weighted by molar-refractivity contribution is 6.37. The Bertz CT molecular complexity index is 551. The number of fused-ring (bicyclic) bond motifs is 1. The van der Waals surface area contributed by atoms with E-state index in [2.05, 4.69) is 4.98 Å². The number of benzene rings is 1. The summed E-state index contributed by atoms with van der Waals surface area (Å²) >= 11 is 11.4. The SMILES string of the molecule is FC(F)(F)c1ccc2c(Cl)cc(Cl)nc2c1. The quantitative estimate of drug-likeness (QED) is 0.637. The number of hydrogen-bond acceptors (Lipinski definition) is 1. The van der Waals surface area contributed by atoms with Crippen LogP contribution in [0.3, 0.4) is 0 Å². The highest BCUT2D eigenvalue weighted by Crippen LogP contribution is 2.33. The van der Waals surface area contributed by atoms with Crippen molar-refractivity contribution in [2.75, 3.05) is 0 Å². The average Bonchev–Trinajstić information content (AvgIpc) is 2.15. The summed E-state index contributed by atoms with van der Waals surface area (Å²) in [6.45, 7) is 0. The van der Waals surface area contributed by atoms with Crippen molar-refractivity contribution in [1.82, 2.24) is 4.98 Å². The fraction of sp³-hybridized carbons (Fsp3) is 0.100. The lowest BCUT2D eigenvalue weighted by atomic mass is 10.1. The maximum atomic E-state index is 12.4. The largest absolute Gasteiger partial charge is 0.416 e. The minimum Gasteiger partial charge on any atom is -0.236 e. The van der Waals surface area contributed by atoms with Crippen LogP contribution in [0.15, 0.2) is 24.3 Å². The second-order valence-electron chi connectivity index (χ2n) is 3.16. The summed E-state index contributed by atoms with van der Waals surface area (Å²) in [7, 11) is 0. The Morgan fingerprint density at radius 3 is 2.38 bits per heavy atom. The lowest BCUT2D eigenvalue weighted by Crippen LogP contribution is -2.04. The molecule has 0 fully saturated rings. The zero-order valence-electron chi connectivity index (χ0n) is 7.65. The van der Waals surface area contributed by atoms with Crippen LogP contribution in [0.5, 0.6) is 0 Å². The van der Waals surface area contributed by atoms with Gasteiger partial charge >= 0.3 is 6.18 Å². The molecule has 0 saturated heterocycles. The number of alkyl halides is 3. The van der Waals surface area contributed by atoms with Gasteiger partial charge in [0.1, 0.15) is 5.15 Å². The summed E-state index contributed by atoms with van der Waals surface area (Å²) in [6, 6.07) is 4.55. The molecule has 0 aliphatic carbocycles. The molecule has 0 amide bonds. The molecule has 0 saturated carbocycles. The van der Waals surface area contributed by atoms with Gasteiger partial charge in [-0.2, -0.15) is 13.2 Å². The van der Waals surface area contributed by atoms with Crippen molar-refractivity contribution in [3.8, 4) is 0 Å². The summed E-state index contributed by atoms with van der Waals surface area (Å²) in [4.78, 5) is 3.79. The second-order valence-corrected chi connectivity index (χ2v) is 3.95. The van der Waals surface area contributed by atoms with E-state index >= 15 is 0 Å². The van der Waals surface area contributed by atoms with Gasteiger partial charge in [-0.1, -0.05) is 29.3 Å². The van der Waals surface area contributed by atoms with Crippen LogP contribution in [0.4, 0.5) is 13.2 Å². The predicted molar refractivity (Wildman–Crippen MR) is 56.8 cm³/mol. The topological polar surface area (TPSA) is 12.9 Å². The van der Waals surface area contributed by atoms with Crippen LogP contribution in [0, 0.1) is 0 Å². The molecule has 1 nitrogen and oxygen atoms in total. The van der Waals surface area contributed by atoms with Gasteiger partial charge in [0.15, 0.2) is 0 Å². The van der Waals surface area contributed by atoms with E-state index in [0.29, 0.717) is 5.39 Å². The molecule has 0 unspecified atom stereocenters. The highest BCUT2D eigenvalue weighted by atomic mass is 35.5. The first-order chi connectivity index (χ1) is 7.38. The second kappa shape index (κ2) is 3.79. The maximum Gasteiger partial charge on any atom is 0.416 e. The van der Waals surface area contributed by atoms with Crippen molar-refractivity contribution in [1.29, 1.82) is 0 Å². The number of nitrogens with zero attached hydrogens (tertiary/aromatic N) is 1. The maximum absolute atomic E-state index is 12.4. The van der Waals surface area contributed by atoms with Crippen LogP contribution >= 0.6 is 23.2 Å². The molecule has 0 atom stereocenters. The van der Waals surface area contributed by atoms with Crippen molar-refractivity contribution < 1.29 is 13.2 Å². The zero-order valence-corrected chi connectivity index (χ0v) is 9.16. The minimum absolute atomic E-state index is 0.0665. The Morgan fingerprint density at radius 1 is 1.06 bits per heavy atom. The summed E-state index contributed by atoms with van der Waals surface area (Å²) in [5.41, 5.74) is -0.641. The molecule has 16 heavy (non-hydrogen) atoms. The molecule has 0 bridgehead atoms. The molecule has 1 aromatic carbocycles. The highest BCUT2D eigenvalue weighted by Gasteiger charge is 2.30. The van der Waals surface area contributed by atoms with Crippen molar-refractivity contribution in [2.24, 2.45) is 0 Å². The fourth-order valence-electron chi connectivity index (χ4n) is 1.33. The first-order valence-corrected chi connectivity index (χ1v) is 4.96. The van der Waals surface area contributed by atoms with E-state index in [0.717, 1.165) is 12.1 Å². The first kappa shape index (κ1) is 11.5. The number of rotatable bonds is 0. The fourth-order valence-corrected chi connectivity index (χ4v) is 1.85. The van der Waals surface area contributed by atoms with Crippen LogP contribution in [0.2, 0.25) is 10.2 Å². The van der Waals surface area contributed by atoms with Crippen LogP contribution in [0.25, 0.3) is 10.9 Å². The number of aromatic nitrogens is 1. The molecule has 2 aromatic rings. The van der Waals surface area contributed by atoms with Crippen molar-refractivity contribution in [3.63, 3.8) is 0 Å². The zero-order chi connectivity index (χ0) is 11.9. The molecule has 1 aromatic heterocycles. The molecule has 1 heterocycles. The van der Waals surface area contributed by atoms with Crippen LogP contribution in [0.1, 0.15) is 5.56 Å². The van der Waals surface area contributed by atoms with Gasteiger partial charge in [0.05, 0.1) is 16.1 Å². The van der Waals surface area contributed by atoms with E-state index in [1.54, 1.807) is 0 Å². The van der Waals surface area contributed by atoms with Crippen LogP contribution in [-0.2, 0) is 6.18 Å². The molecule has 6 heteroatoms. The number of pyridine rings is 1. The van der Waals surface area contributed by atoms with Gasteiger partial charge in [0.2, 0.25) is 0 Å². The molecule has 0 spiro atoms. The Morgan fingerprint density at radius 2 is 1.75 bits per heavy atom. The van der Waals surface area contributed by atoms with Crippen molar-refractivity contribution in [2.45, 2.75) is 6.18 Å². The Hall–Kier alpha value is -1.00.